The van der Waals surface area contributed by atoms with E-state index in [1.54, 1.807) is 0 Å². The summed E-state index contributed by atoms with van der Waals surface area (Å²) < 4.78 is 0.554. The lowest BCUT2D eigenvalue weighted by molar-refractivity contribution is -0.910. The van der Waals surface area contributed by atoms with Gasteiger partial charge in [0.25, 0.3) is 0 Å². The van der Waals surface area contributed by atoms with Crippen LogP contribution in [-0.2, 0) is 4.79 Å². The molecule has 0 saturated heterocycles. The second-order valence-electron chi connectivity index (χ2n) is 6.39. The van der Waals surface area contributed by atoms with Crippen LogP contribution in [0.5, 0.6) is 0 Å². The summed E-state index contributed by atoms with van der Waals surface area (Å²) in [5.41, 5.74) is 0. The zero-order valence-corrected chi connectivity index (χ0v) is 14.6. The van der Waals surface area contributed by atoms with Gasteiger partial charge in [-0.15, -0.1) is 0 Å². The molecule has 3 heteroatoms. The molecule has 0 bridgehead atoms. The number of quaternary nitrogens is 1. The maximum Gasteiger partial charge on any atom is 0.359 e. The number of hydrogen-bond donors (Lipinski definition) is 1. The number of unbranched alkanes of at least 4 members (excludes halogenated alkanes) is 8. The van der Waals surface area contributed by atoms with E-state index < -0.39 is 5.97 Å². The number of rotatable bonds is 16. The van der Waals surface area contributed by atoms with Gasteiger partial charge >= 0.3 is 5.97 Å². The van der Waals surface area contributed by atoms with Crippen LogP contribution in [0.1, 0.15) is 64.7 Å². The Morgan fingerprint density at radius 2 is 1.36 bits per heavy atom. The Morgan fingerprint density at radius 3 is 1.77 bits per heavy atom. The van der Waals surface area contributed by atoms with E-state index in [1.807, 2.05) is 12.2 Å². The molecule has 0 amide bonds. The van der Waals surface area contributed by atoms with Gasteiger partial charge in [0.15, 0.2) is 6.54 Å². The highest BCUT2D eigenvalue weighted by molar-refractivity contribution is 5.68. The topological polar surface area (TPSA) is 37.3 Å². The zero-order valence-electron chi connectivity index (χ0n) is 14.6. The summed E-state index contributed by atoms with van der Waals surface area (Å²) in [5.74, 6) is -0.736. The molecule has 0 aromatic heterocycles. The fraction of sp³-hybridized carbons (Fsp3) is 0.737. The Morgan fingerprint density at radius 1 is 0.909 bits per heavy atom. The Bertz CT molecular complexity index is 303. The van der Waals surface area contributed by atoms with Crippen LogP contribution in [-0.4, -0.2) is 41.7 Å². The van der Waals surface area contributed by atoms with Gasteiger partial charge in [-0.3, -0.25) is 0 Å². The smallest absolute Gasteiger partial charge is 0.359 e. The van der Waals surface area contributed by atoms with Crippen molar-refractivity contribution in [3.05, 3.63) is 25.3 Å². The Balaban J connectivity index is 3.99. The zero-order chi connectivity index (χ0) is 16.7. The van der Waals surface area contributed by atoms with Crippen LogP contribution in [0.25, 0.3) is 0 Å². The molecule has 0 aliphatic carbocycles. The summed E-state index contributed by atoms with van der Waals surface area (Å²) in [6.07, 6.45) is 15.3. The maximum atomic E-state index is 11.1. The monoisotopic (exact) mass is 310 g/mol. The Labute approximate surface area is 137 Å². The van der Waals surface area contributed by atoms with Crippen molar-refractivity contribution in [2.45, 2.75) is 64.7 Å². The van der Waals surface area contributed by atoms with Gasteiger partial charge in [0.1, 0.15) is 0 Å². The second kappa shape index (κ2) is 13.6. The summed E-state index contributed by atoms with van der Waals surface area (Å²) in [6.45, 7) is 12.3. The average Bonchev–Trinajstić information content (AvgIpc) is 2.45. The molecule has 0 rings (SSSR count). The van der Waals surface area contributed by atoms with Crippen LogP contribution < -0.4 is 0 Å². The molecule has 0 spiro atoms. The molecule has 22 heavy (non-hydrogen) atoms. The molecule has 1 N–H and O–H groups in total. The molecule has 0 saturated carbocycles. The van der Waals surface area contributed by atoms with Crippen molar-refractivity contribution >= 4 is 5.97 Å². The van der Waals surface area contributed by atoms with Crippen LogP contribution in [0, 0.1) is 0 Å². The van der Waals surface area contributed by atoms with Gasteiger partial charge in [-0.1, -0.05) is 65.0 Å². The van der Waals surface area contributed by atoms with Crippen LogP contribution in [0.2, 0.25) is 0 Å². The highest BCUT2D eigenvalue weighted by Crippen LogP contribution is 2.14. The molecule has 0 fully saturated rings. The normalized spacial score (nSPS) is 11.3. The summed E-state index contributed by atoms with van der Waals surface area (Å²) in [7, 11) is 0. The van der Waals surface area contributed by atoms with Crippen molar-refractivity contribution < 1.29 is 14.4 Å². The predicted molar refractivity (Wildman–Crippen MR) is 95.0 cm³/mol. The van der Waals surface area contributed by atoms with Crippen molar-refractivity contribution in [2.24, 2.45) is 0 Å². The van der Waals surface area contributed by atoms with E-state index in [1.165, 1.54) is 51.4 Å². The Kier molecular flexibility index (Phi) is 12.9. The van der Waals surface area contributed by atoms with Crippen LogP contribution in [0.15, 0.2) is 25.3 Å². The molecule has 0 aromatic rings. The highest BCUT2D eigenvalue weighted by Gasteiger charge is 2.27. The molecule has 0 heterocycles. The lowest BCUT2D eigenvalue weighted by atomic mass is 10.1. The van der Waals surface area contributed by atoms with E-state index in [0.717, 1.165) is 13.0 Å². The molecule has 3 nitrogen and oxygen atoms in total. The minimum Gasteiger partial charge on any atom is -0.477 e. The van der Waals surface area contributed by atoms with Gasteiger partial charge in [0.05, 0.1) is 19.6 Å². The van der Waals surface area contributed by atoms with Gasteiger partial charge in [-0.05, 0) is 25.0 Å². The molecule has 0 unspecified atom stereocenters. The van der Waals surface area contributed by atoms with Crippen molar-refractivity contribution in [2.75, 3.05) is 26.2 Å². The lowest BCUT2D eigenvalue weighted by Crippen LogP contribution is -2.52. The molecule has 0 aliphatic heterocycles. The predicted octanol–water partition coefficient (Wildman–Crippen LogP) is 4.79. The number of hydrogen-bond acceptors (Lipinski definition) is 1. The van der Waals surface area contributed by atoms with Gasteiger partial charge in [-0.2, -0.15) is 0 Å². The summed E-state index contributed by atoms with van der Waals surface area (Å²) in [5, 5.41) is 9.16. The third-order valence-electron chi connectivity index (χ3n) is 4.24. The summed E-state index contributed by atoms with van der Waals surface area (Å²) in [6, 6.07) is 0. The SMILES string of the molecule is C=CC[N+](CC=C)(CCCCCCCCCCC)CC(=O)O. The first-order chi connectivity index (χ1) is 10.6. The summed E-state index contributed by atoms with van der Waals surface area (Å²) >= 11 is 0. The fourth-order valence-corrected chi connectivity index (χ4v) is 3.06. The molecular formula is C19H36NO2+. The van der Waals surface area contributed by atoms with E-state index in [0.29, 0.717) is 17.6 Å². The minimum atomic E-state index is -0.736. The van der Waals surface area contributed by atoms with E-state index in [4.69, 9.17) is 5.11 Å². The van der Waals surface area contributed by atoms with Crippen molar-refractivity contribution in [3.8, 4) is 0 Å². The molecule has 128 valence electrons. The van der Waals surface area contributed by atoms with Gasteiger partial charge < -0.3 is 9.59 Å². The standard InChI is InChI=1S/C19H35NO2/c1-4-7-8-9-10-11-12-13-14-17-20(15-5-2,16-6-3)18-19(21)22/h5-6H,2-4,7-18H2,1H3/p+1. The van der Waals surface area contributed by atoms with Crippen LogP contribution >= 0.6 is 0 Å². The molecular weight excluding hydrogens is 274 g/mol. The average molecular weight is 311 g/mol. The number of nitrogens with zero attached hydrogens (tertiary/aromatic N) is 1. The molecule has 0 aromatic carbocycles. The van der Waals surface area contributed by atoms with E-state index >= 15 is 0 Å². The second-order valence-corrected chi connectivity index (χ2v) is 6.39. The first kappa shape index (κ1) is 20.9. The third kappa shape index (κ3) is 10.6. The van der Waals surface area contributed by atoms with Gasteiger partial charge in [-0.25, -0.2) is 4.79 Å². The minimum absolute atomic E-state index is 0.162. The quantitative estimate of drug-likeness (QED) is 0.253. The van der Waals surface area contributed by atoms with E-state index in [2.05, 4.69) is 20.1 Å². The van der Waals surface area contributed by atoms with E-state index in [9.17, 15) is 4.79 Å². The summed E-state index contributed by atoms with van der Waals surface area (Å²) in [4.78, 5) is 11.1. The van der Waals surface area contributed by atoms with Gasteiger partial charge in [0.2, 0.25) is 0 Å². The van der Waals surface area contributed by atoms with Crippen molar-refractivity contribution in [3.63, 3.8) is 0 Å². The van der Waals surface area contributed by atoms with Crippen molar-refractivity contribution in [1.82, 2.24) is 0 Å². The van der Waals surface area contributed by atoms with Gasteiger partial charge in [0, 0.05) is 0 Å². The molecule has 0 atom stereocenters. The number of carboxylic acid groups (broad SMARTS) is 1. The largest absolute Gasteiger partial charge is 0.477 e. The van der Waals surface area contributed by atoms with E-state index in [-0.39, 0.29) is 6.54 Å². The lowest BCUT2D eigenvalue weighted by Gasteiger charge is -2.35. The van der Waals surface area contributed by atoms with Crippen molar-refractivity contribution in [1.29, 1.82) is 0 Å². The first-order valence-electron chi connectivity index (χ1n) is 8.89. The fourth-order valence-electron chi connectivity index (χ4n) is 3.06. The Hall–Kier alpha value is -1.09. The highest BCUT2D eigenvalue weighted by atomic mass is 16.4. The molecule has 0 aliphatic rings. The first-order valence-corrected chi connectivity index (χ1v) is 8.89. The maximum absolute atomic E-state index is 11.1. The van der Waals surface area contributed by atoms with Crippen LogP contribution in [0.4, 0.5) is 0 Å². The number of carbonyl (C=O) groups is 1. The molecule has 0 radical (unpaired) electrons. The number of carboxylic acids is 1. The number of aliphatic carboxylic acids is 1. The third-order valence-corrected chi connectivity index (χ3v) is 4.24. The van der Waals surface area contributed by atoms with Crippen LogP contribution in [0.3, 0.4) is 0 Å².